The van der Waals surface area contributed by atoms with Crippen molar-refractivity contribution in [3.63, 3.8) is 0 Å². The third-order valence-electron chi connectivity index (χ3n) is 3.58. The average molecular weight is 360 g/mol. The van der Waals surface area contributed by atoms with Gasteiger partial charge in [0.2, 0.25) is 5.75 Å². The van der Waals surface area contributed by atoms with Crippen molar-refractivity contribution in [3.05, 3.63) is 47.3 Å². The van der Waals surface area contributed by atoms with Gasteiger partial charge in [-0.15, -0.1) is 0 Å². The molecule has 0 aliphatic carbocycles. The first-order valence-corrected chi connectivity index (χ1v) is 8.70. The van der Waals surface area contributed by atoms with Crippen LogP contribution in [0.4, 0.5) is 4.39 Å². The van der Waals surface area contributed by atoms with Gasteiger partial charge in [0.15, 0.2) is 23.1 Å². The van der Waals surface area contributed by atoms with E-state index >= 15 is 0 Å². The summed E-state index contributed by atoms with van der Waals surface area (Å²) in [5.74, 6) is 1.68. The van der Waals surface area contributed by atoms with Gasteiger partial charge in [-0.2, -0.15) is 0 Å². The van der Waals surface area contributed by atoms with E-state index in [0.717, 1.165) is 11.1 Å². The minimum atomic E-state index is -0.397. The van der Waals surface area contributed by atoms with E-state index in [1.165, 1.54) is 13.2 Å². The lowest BCUT2D eigenvalue weighted by atomic mass is 10.1. The van der Waals surface area contributed by atoms with Gasteiger partial charge in [-0.05, 0) is 56.2 Å². The second kappa shape index (κ2) is 9.70. The first-order valence-electron chi connectivity index (χ1n) is 8.70. The van der Waals surface area contributed by atoms with E-state index in [1.54, 1.807) is 12.1 Å². The van der Waals surface area contributed by atoms with Crippen molar-refractivity contribution in [2.24, 2.45) is 0 Å². The molecule has 0 unspecified atom stereocenters. The van der Waals surface area contributed by atoms with Crippen LogP contribution < -0.4 is 18.9 Å². The van der Waals surface area contributed by atoms with Crippen molar-refractivity contribution in [3.8, 4) is 23.0 Å². The quantitative estimate of drug-likeness (QED) is 0.576. The molecule has 2 aromatic rings. The fourth-order valence-electron chi connectivity index (χ4n) is 2.48. The second-order valence-corrected chi connectivity index (χ2v) is 5.37. The maximum atomic E-state index is 13.8. The molecule has 140 valence electrons. The van der Waals surface area contributed by atoms with Gasteiger partial charge in [0.1, 0.15) is 0 Å². The first kappa shape index (κ1) is 19.6. The first-order chi connectivity index (χ1) is 12.6. The zero-order valence-corrected chi connectivity index (χ0v) is 15.7. The Labute approximate surface area is 154 Å². The molecule has 0 saturated heterocycles. The Morgan fingerprint density at radius 2 is 1.35 bits per heavy atom. The lowest BCUT2D eigenvalue weighted by Gasteiger charge is -2.16. The van der Waals surface area contributed by atoms with Crippen LogP contribution in [0.3, 0.4) is 0 Å². The van der Waals surface area contributed by atoms with Crippen LogP contribution in [0.5, 0.6) is 23.0 Å². The molecule has 26 heavy (non-hydrogen) atoms. The molecular formula is C21H25FO4. The molecule has 0 spiro atoms. The largest absolute Gasteiger partial charge is 0.494 e. The molecule has 0 fully saturated rings. The van der Waals surface area contributed by atoms with Gasteiger partial charge in [-0.25, -0.2) is 4.39 Å². The Kier molecular flexibility index (Phi) is 7.33. The summed E-state index contributed by atoms with van der Waals surface area (Å²) in [5.41, 5.74) is 1.60. The zero-order valence-electron chi connectivity index (χ0n) is 15.7. The molecule has 0 bridgehead atoms. The highest BCUT2D eigenvalue weighted by Crippen LogP contribution is 2.39. The molecule has 2 aromatic carbocycles. The highest BCUT2D eigenvalue weighted by Gasteiger charge is 2.14. The van der Waals surface area contributed by atoms with E-state index in [9.17, 15) is 4.39 Å². The van der Waals surface area contributed by atoms with Gasteiger partial charge in [0, 0.05) is 0 Å². The number of rotatable bonds is 9. The van der Waals surface area contributed by atoms with Crippen LogP contribution >= 0.6 is 0 Å². The molecule has 4 nitrogen and oxygen atoms in total. The van der Waals surface area contributed by atoms with Crippen molar-refractivity contribution < 1.29 is 23.3 Å². The highest BCUT2D eigenvalue weighted by atomic mass is 19.1. The molecule has 5 heteroatoms. The van der Waals surface area contributed by atoms with Gasteiger partial charge in [0.05, 0.1) is 26.9 Å². The Hall–Kier alpha value is -2.69. The van der Waals surface area contributed by atoms with Crippen molar-refractivity contribution >= 4 is 12.2 Å². The normalized spacial score (nSPS) is 10.8. The Morgan fingerprint density at radius 1 is 0.769 bits per heavy atom. The molecule has 0 atom stereocenters. The van der Waals surface area contributed by atoms with Crippen LogP contribution in [0.2, 0.25) is 0 Å². The summed E-state index contributed by atoms with van der Waals surface area (Å²) in [7, 11) is 1.44. The van der Waals surface area contributed by atoms with Crippen molar-refractivity contribution in [1.82, 2.24) is 0 Å². The maximum Gasteiger partial charge on any atom is 0.203 e. The Morgan fingerprint density at radius 3 is 1.85 bits per heavy atom. The smallest absolute Gasteiger partial charge is 0.203 e. The zero-order chi connectivity index (χ0) is 18.9. The molecular weight excluding hydrogens is 335 g/mol. The van der Waals surface area contributed by atoms with E-state index in [4.69, 9.17) is 18.9 Å². The number of hydrogen-bond donors (Lipinski definition) is 0. The van der Waals surface area contributed by atoms with E-state index in [2.05, 4.69) is 0 Å². The number of halogens is 1. The predicted molar refractivity (Wildman–Crippen MR) is 102 cm³/mol. The second-order valence-electron chi connectivity index (χ2n) is 5.37. The average Bonchev–Trinajstić information content (AvgIpc) is 2.63. The number of benzene rings is 2. The van der Waals surface area contributed by atoms with Crippen LogP contribution in [0.15, 0.2) is 30.3 Å². The molecule has 0 N–H and O–H groups in total. The molecule has 0 amide bonds. The van der Waals surface area contributed by atoms with E-state index in [1.807, 2.05) is 45.1 Å². The topological polar surface area (TPSA) is 36.9 Å². The van der Waals surface area contributed by atoms with Gasteiger partial charge in [0.25, 0.3) is 0 Å². The standard InChI is InChI=1S/C21H25FO4/c1-5-24-19-13-16(14-20(25-6-2)21(19)26-7-3)9-8-15-10-11-18(23-4)17(22)12-15/h8-14H,5-7H2,1-4H3/b9-8+. The third-order valence-corrected chi connectivity index (χ3v) is 3.58. The third kappa shape index (κ3) is 4.91. The van der Waals surface area contributed by atoms with E-state index < -0.39 is 5.82 Å². The summed E-state index contributed by atoms with van der Waals surface area (Å²) in [6.07, 6.45) is 3.70. The monoisotopic (exact) mass is 360 g/mol. The Bertz CT molecular complexity index is 729. The SMILES string of the molecule is CCOc1cc(/C=C/c2ccc(OC)c(F)c2)cc(OCC)c1OCC. The van der Waals surface area contributed by atoms with Crippen molar-refractivity contribution in [2.45, 2.75) is 20.8 Å². The van der Waals surface area contributed by atoms with E-state index in [-0.39, 0.29) is 5.75 Å². The van der Waals surface area contributed by atoms with Gasteiger partial charge in [-0.3, -0.25) is 0 Å². The minimum Gasteiger partial charge on any atom is -0.494 e. The van der Waals surface area contributed by atoms with Crippen LogP contribution in [-0.2, 0) is 0 Å². The summed E-state index contributed by atoms with van der Waals surface area (Å²) in [4.78, 5) is 0. The molecule has 0 aliphatic heterocycles. The molecule has 0 aliphatic rings. The predicted octanol–water partition coefficient (Wildman–Crippen LogP) is 5.20. The highest BCUT2D eigenvalue weighted by molar-refractivity contribution is 5.73. The fraction of sp³-hybridized carbons (Fsp3) is 0.333. The minimum absolute atomic E-state index is 0.223. The summed E-state index contributed by atoms with van der Waals surface area (Å²) in [6, 6.07) is 8.59. The molecule has 0 aromatic heterocycles. The Balaban J connectivity index is 2.37. The van der Waals surface area contributed by atoms with Crippen LogP contribution in [-0.4, -0.2) is 26.9 Å². The summed E-state index contributed by atoms with van der Waals surface area (Å²) >= 11 is 0. The van der Waals surface area contributed by atoms with Gasteiger partial charge >= 0.3 is 0 Å². The molecule has 0 heterocycles. The molecule has 0 saturated carbocycles. The van der Waals surface area contributed by atoms with Crippen molar-refractivity contribution in [1.29, 1.82) is 0 Å². The van der Waals surface area contributed by atoms with Gasteiger partial charge < -0.3 is 18.9 Å². The van der Waals surface area contributed by atoms with Crippen molar-refractivity contribution in [2.75, 3.05) is 26.9 Å². The lowest BCUT2D eigenvalue weighted by molar-refractivity contribution is 0.260. The number of methoxy groups -OCH3 is 1. The van der Waals surface area contributed by atoms with Crippen LogP contribution in [0, 0.1) is 5.82 Å². The number of hydrogen-bond acceptors (Lipinski definition) is 4. The number of ether oxygens (including phenoxy) is 4. The summed E-state index contributed by atoms with van der Waals surface area (Å²) in [6.45, 7) is 7.29. The summed E-state index contributed by atoms with van der Waals surface area (Å²) in [5, 5.41) is 0. The summed E-state index contributed by atoms with van der Waals surface area (Å²) < 4.78 is 35.9. The van der Waals surface area contributed by atoms with Crippen LogP contribution in [0.25, 0.3) is 12.2 Å². The van der Waals surface area contributed by atoms with E-state index in [0.29, 0.717) is 37.1 Å². The fourth-order valence-corrected chi connectivity index (χ4v) is 2.48. The lowest BCUT2D eigenvalue weighted by Crippen LogP contribution is -2.02. The maximum absolute atomic E-state index is 13.8. The van der Waals surface area contributed by atoms with Gasteiger partial charge in [-0.1, -0.05) is 18.2 Å². The molecule has 0 radical (unpaired) electrons. The van der Waals surface area contributed by atoms with Crippen LogP contribution in [0.1, 0.15) is 31.9 Å². The molecule has 2 rings (SSSR count).